The van der Waals surface area contributed by atoms with E-state index in [0.29, 0.717) is 29.4 Å². The molecule has 0 spiro atoms. The highest BCUT2D eigenvalue weighted by molar-refractivity contribution is 5.97. The zero-order valence-electron chi connectivity index (χ0n) is 25.0. The molecule has 4 aromatic rings. The first-order valence-electron chi connectivity index (χ1n) is 14.1. The Hall–Kier alpha value is -5.31. The third-order valence-corrected chi connectivity index (χ3v) is 7.18. The summed E-state index contributed by atoms with van der Waals surface area (Å²) in [6.07, 6.45) is -0.374. The lowest BCUT2D eigenvalue weighted by molar-refractivity contribution is -0.137. The van der Waals surface area contributed by atoms with Crippen molar-refractivity contribution >= 4 is 17.8 Å². The van der Waals surface area contributed by atoms with Crippen LogP contribution in [-0.2, 0) is 22.7 Å². The summed E-state index contributed by atoms with van der Waals surface area (Å²) in [5.41, 5.74) is 10.7. The molecule has 4 rings (SSSR count). The van der Waals surface area contributed by atoms with E-state index < -0.39 is 23.8 Å². The number of amides is 2. The van der Waals surface area contributed by atoms with Gasteiger partial charge in [-0.15, -0.1) is 0 Å². The van der Waals surface area contributed by atoms with Gasteiger partial charge in [-0.25, -0.2) is 0 Å². The summed E-state index contributed by atoms with van der Waals surface area (Å²) in [7, 11) is 3.17. The lowest BCUT2D eigenvalue weighted by Gasteiger charge is -2.30. The van der Waals surface area contributed by atoms with Crippen LogP contribution in [0.3, 0.4) is 0 Å². The maximum atomic E-state index is 13.7. The van der Waals surface area contributed by atoms with E-state index in [9.17, 15) is 19.5 Å². The van der Waals surface area contributed by atoms with Gasteiger partial charge in [-0.05, 0) is 47.7 Å². The smallest absolute Gasteiger partial charge is 0.303 e. The van der Waals surface area contributed by atoms with Crippen LogP contribution in [0.25, 0.3) is 11.1 Å². The highest BCUT2D eigenvalue weighted by Gasteiger charge is 2.29. The molecule has 0 heterocycles. The molecule has 9 heteroatoms. The number of ether oxygens (including phenoxy) is 3. The molecule has 44 heavy (non-hydrogen) atoms. The number of carboxylic acid groups (broad SMARTS) is 1. The molecule has 2 amide bonds. The summed E-state index contributed by atoms with van der Waals surface area (Å²) >= 11 is 0. The SMILES string of the molecule is COc1cc(OC)cc(OCc2ccc(-c3ccc(C(=O)N(Cc4cccc(C)c4)[C@@H](CCC(=O)O)C(N)=O)cc3)cc2)c1. The van der Waals surface area contributed by atoms with Gasteiger partial charge in [0.2, 0.25) is 5.91 Å². The molecule has 0 radical (unpaired) electrons. The molecule has 228 valence electrons. The third kappa shape index (κ3) is 8.38. The normalized spacial score (nSPS) is 11.3. The fraction of sp³-hybridized carbons (Fsp3) is 0.229. The van der Waals surface area contributed by atoms with Crippen molar-refractivity contribution in [2.75, 3.05) is 14.2 Å². The van der Waals surface area contributed by atoms with Crippen LogP contribution in [0.5, 0.6) is 17.2 Å². The topological polar surface area (TPSA) is 128 Å². The van der Waals surface area contributed by atoms with Gasteiger partial charge in [0.05, 0.1) is 14.2 Å². The van der Waals surface area contributed by atoms with E-state index in [1.807, 2.05) is 67.6 Å². The number of nitrogens with two attached hydrogens (primary N) is 1. The van der Waals surface area contributed by atoms with Crippen molar-refractivity contribution in [2.24, 2.45) is 5.73 Å². The molecule has 0 aliphatic rings. The average Bonchev–Trinajstić information content (AvgIpc) is 3.03. The van der Waals surface area contributed by atoms with Gasteiger partial charge in [0.25, 0.3) is 5.91 Å². The van der Waals surface area contributed by atoms with Crippen LogP contribution < -0.4 is 19.9 Å². The first-order valence-corrected chi connectivity index (χ1v) is 14.1. The molecule has 0 aliphatic heterocycles. The Labute approximate surface area is 256 Å². The van der Waals surface area contributed by atoms with Gasteiger partial charge < -0.3 is 30.0 Å². The molecule has 0 saturated carbocycles. The molecule has 0 aromatic heterocycles. The van der Waals surface area contributed by atoms with Crippen molar-refractivity contribution in [2.45, 2.75) is 39.0 Å². The number of hydrogen-bond donors (Lipinski definition) is 2. The number of carbonyl (C=O) groups is 3. The summed E-state index contributed by atoms with van der Waals surface area (Å²) in [5, 5.41) is 9.21. The predicted molar refractivity (Wildman–Crippen MR) is 167 cm³/mol. The van der Waals surface area contributed by atoms with Gasteiger partial charge in [-0.1, -0.05) is 66.2 Å². The highest BCUT2D eigenvalue weighted by Crippen LogP contribution is 2.28. The number of nitrogens with zero attached hydrogens (tertiary/aromatic N) is 1. The Morgan fingerprint density at radius 2 is 1.39 bits per heavy atom. The van der Waals surface area contributed by atoms with E-state index in [-0.39, 0.29) is 19.4 Å². The zero-order valence-corrected chi connectivity index (χ0v) is 25.0. The fourth-order valence-corrected chi connectivity index (χ4v) is 4.84. The van der Waals surface area contributed by atoms with Crippen molar-refractivity contribution in [1.82, 2.24) is 4.90 Å². The summed E-state index contributed by atoms with van der Waals surface area (Å²) in [5.74, 6) is -0.321. The second kappa shape index (κ2) is 14.7. The van der Waals surface area contributed by atoms with Gasteiger partial charge in [0, 0.05) is 36.7 Å². The van der Waals surface area contributed by atoms with Crippen LogP contribution >= 0.6 is 0 Å². The van der Waals surface area contributed by atoms with Crippen molar-refractivity contribution in [3.63, 3.8) is 0 Å². The number of aryl methyl sites for hydroxylation is 1. The largest absolute Gasteiger partial charge is 0.496 e. The van der Waals surface area contributed by atoms with Crippen LogP contribution in [0.4, 0.5) is 0 Å². The van der Waals surface area contributed by atoms with E-state index >= 15 is 0 Å². The van der Waals surface area contributed by atoms with Gasteiger partial charge >= 0.3 is 5.97 Å². The standard InChI is InChI=1S/C35H36N2O7/c1-23-5-4-6-25(17-23)21-37(32(34(36)40)15-16-33(38)39)35(41)28-13-11-27(12-14-28)26-9-7-24(8-10-26)22-44-31-19-29(42-2)18-30(20-31)43-3/h4-14,17-20,32H,15-16,21-22H2,1-3H3,(H2,36,40)(H,38,39)/t32-/m0/s1. The van der Waals surface area contributed by atoms with Gasteiger partial charge in [-0.3, -0.25) is 14.4 Å². The lowest BCUT2D eigenvalue weighted by Crippen LogP contribution is -2.47. The second-order valence-corrected chi connectivity index (χ2v) is 10.4. The Morgan fingerprint density at radius 1 is 0.795 bits per heavy atom. The molecular weight excluding hydrogens is 560 g/mol. The van der Waals surface area contributed by atoms with E-state index in [4.69, 9.17) is 19.9 Å². The van der Waals surface area contributed by atoms with Crippen LogP contribution in [0.15, 0.2) is 91.0 Å². The second-order valence-electron chi connectivity index (χ2n) is 10.4. The molecule has 1 atom stereocenters. The number of benzene rings is 4. The Balaban J connectivity index is 1.49. The van der Waals surface area contributed by atoms with E-state index in [0.717, 1.165) is 27.8 Å². The van der Waals surface area contributed by atoms with Crippen LogP contribution in [0, 0.1) is 6.92 Å². The van der Waals surface area contributed by atoms with Crippen molar-refractivity contribution in [3.05, 3.63) is 113 Å². The van der Waals surface area contributed by atoms with E-state index in [2.05, 4.69) is 0 Å². The number of rotatable bonds is 14. The Bertz CT molecular complexity index is 1580. The summed E-state index contributed by atoms with van der Waals surface area (Å²) in [6, 6.07) is 26.8. The molecule has 4 aromatic carbocycles. The minimum Gasteiger partial charge on any atom is -0.496 e. The molecule has 0 aliphatic carbocycles. The zero-order chi connectivity index (χ0) is 31.6. The van der Waals surface area contributed by atoms with E-state index in [1.54, 1.807) is 44.6 Å². The number of hydrogen-bond acceptors (Lipinski definition) is 6. The first kappa shape index (κ1) is 31.6. The monoisotopic (exact) mass is 596 g/mol. The van der Waals surface area contributed by atoms with Crippen molar-refractivity contribution in [3.8, 4) is 28.4 Å². The van der Waals surface area contributed by atoms with Crippen LogP contribution in [-0.4, -0.2) is 48.1 Å². The van der Waals surface area contributed by atoms with Crippen molar-refractivity contribution in [1.29, 1.82) is 0 Å². The molecular formula is C35H36N2O7. The average molecular weight is 597 g/mol. The molecule has 0 unspecified atom stereocenters. The number of carboxylic acids is 1. The minimum atomic E-state index is -1.08. The summed E-state index contributed by atoms with van der Waals surface area (Å²) < 4.78 is 16.5. The number of aliphatic carboxylic acids is 1. The molecule has 0 fully saturated rings. The fourth-order valence-electron chi connectivity index (χ4n) is 4.84. The Morgan fingerprint density at radius 3 is 1.93 bits per heavy atom. The maximum absolute atomic E-state index is 13.7. The maximum Gasteiger partial charge on any atom is 0.303 e. The summed E-state index contributed by atoms with van der Waals surface area (Å²) in [4.78, 5) is 38.8. The quantitative estimate of drug-likeness (QED) is 0.193. The molecule has 0 saturated heterocycles. The first-order chi connectivity index (χ1) is 21.2. The predicted octanol–water partition coefficient (Wildman–Crippen LogP) is 5.62. The van der Waals surface area contributed by atoms with Crippen LogP contribution in [0.2, 0.25) is 0 Å². The number of carbonyl (C=O) groups excluding carboxylic acids is 2. The minimum absolute atomic E-state index is 0.0816. The number of primary amides is 1. The summed E-state index contributed by atoms with van der Waals surface area (Å²) in [6.45, 7) is 2.40. The van der Waals surface area contributed by atoms with Gasteiger partial charge in [0.15, 0.2) is 0 Å². The molecule has 9 nitrogen and oxygen atoms in total. The van der Waals surface area contributed by atoms with E-state index in [1.165, 1.54) is 4.90 Å². The van der Waals surface area contributed by atoms with Gasteiger partial charge in [0.1, 0.15) is 29.9 Å². The molecule has 3 N–H and O–H groups in total. The van der Waals surface area contributed by atoms with Crippen molar-refractivity contribution < 1.29 is 33.7 Å². The van der Waals surface area contributed by atoms with Gasteiger partial charge in [-0.2, -0.15) is 0 Å². The Kier molecular flexibility index (Phi) is 10.6. The highest BCUT2D eigenvalue weighted by atomic mass is 16.5. The lowest BCUT2D eigenvalue weighted by atomic mass is 10.0. The van der Waals surface area contributed by atoms with Crippen LogP contribution in [0.1, 0.15) is 39.9 Å². The number of methoxy groups -OCH3 is 2. The third-order valence-electron chi connectivity index (χ3n) is 7.18. The molecule has 0 bridgehead atoms.